The van der Waals surface area contributed by atoms with Gasteiger partial charge in [-0.1, -0.05) is 152 Å². The Bertz CT molecular complexity index is 2950. The van der Waals surface area contributed by atoms with E-state index in [0.29, 0.717) is 22.1 Å². The lowest BCUT2D eigenvalue weighted by Gasteiger charge is -2.34. The highest BCUT2D eigenvalue weighted by molar-refractivity contribution is 6.15. The molecule has 0 fully saturated rings. The number of quaternary nitrogens is 1. The highest BCUT2D eigenvalue weighted by atomic mass is 15.4. The van der Waals surface area contributed by atoms with Crippen LogP contribution in [0.5, 0.6) is 0 Å². The fraction of sp³-hybridized carbons (Fsp3) is 0. The van der Waals surface area contributed by atoms with Crippen LogP contribution in [0, 0.1) is 0 Å². The zero-order chi connectivity index (χ0) is 37.1. The highest BCUT2D eigenvalue weighted by Crippen LogP contribution is 2.63. The number of hydrogen-bond donors (Lipinski definition) is 0. The molecule has 1 aliphatic rings. The van der Waals surface area contributed by atoms with E-state index in [9.17, 15) is 0 Å². The van der Waals surface area contributed by atoms with Crippen LogP contribution in [0.4, 0.5) is 22.7 Å². The average molecular weight is 717 g/mol. The van der Waals surface area contributed by atoms with Crippen molar-refractivity contribution in [2.75, 3.05) is 0 Å². The van der Waals surface area contributed by atoms with E-state index in [2.05, 4.69) is 174 Å². The lowest BCUT2D eigenvalue weighted by molar-refractivity contribution is 0.721. The molecule has 262 valence electrons. The normalized spacial score (nSPS) is 12.8. The van der Waals surface area contributed by atoms with Crippen LogP contribution in [0.2, 0.25) is 0 Å². The van der Waals surface area contributed by atoms with Crippen molar-refractivity contribution in [1.29, 1.82) is 0 Å². The second kappa shape index (κ2) is 12.8. The van der Waals surface area contributed by atoms with E-state index >= 15 is 0 Å². The Labute approximate surface area is 324 Å². The summed E-state index contributed by atoms with van der Waals surface area (Å²) in [4.78, 5) is 15.6. The predicted molar refractivity (Wildman–Crippen MR) is 230 cm³/mol. The third-order valence-electron chi connectivity index (χ3n) is 11.1. The quantitative estimate of drug-likeness (QED) is 0.161. The molecule has 56 heavy (non-hydrogen) atoms. The first-order chi connectivity index (χ1) is 27.8. The van der Waals surface area contributed by atoms with E-state index in [1.54, 1.807) is 0 Å². The maximum absolute atomic E-state index is 5.30. The fourth-order valence-electron chi connectivity index (χ4n) is 8.60. The predicted octanol–water partition coefficient (Wildman–Crippen LogP) is 13.3. The molecule has 0 unspecified atom stereocenters. The van der Waals surface area contributed by atoms with Crippen molar-refractivity contribution in [3.05, 3.63) is 206 Å². The van der Waals surface area contributed by atoms with Crippen LogP contribution in [0.1, 0.15) is 0 Å². The highest BCUT2D eigenvalue weighted by Gasteiger charge is 2.48. The summed E-state index contributed by atoms with van der Waals surface area (Å²) in [6.07, 6.45) is 0. The Morgan fingerprint density at radius 3 is 1.43 bits per heavy atom. The molecular weight excluding hydrogens is 683 g/mol. The molecule has 10 aromatic rings. The molecule has 0 N–H and O–H groups in total. The van der Waals surface area contributed by atoms with E-state index in [4.69, 9.17) is 15.0 Å². The van der Waals surface area contributed by atoms with Crippen LogP contribution >= 0.6 is 0 Å². The van der Waals surface area contributed by atoms with Crippen molar-refractivity contribution in [3.63, 3.8) is 0 Å². The van der Waals surface area contributed by atoms with Gasteiger partial charge in [-0.2, -0.15) is 14.5 Å². The number of hydrogen-bond acceptors (Lipinski definition) is 3. The summed E-state index contributed by atoms with van der Waals surface area (Å²) in [6, 6.07) is 73.1. The van der Waals surface area contributed by atoms with Crippen molar-refractivity contribution in [2.24, 2.45) is 0 Å². The Morgan fingerprint density at radius 2 is 0.839 bits per heavy atom. The van der Waals surface area contributed by atoms with E-state index < -0.39 is 0 Å². The van der Waals surface area contributed by atoms with Gasteiger partial charge in [-0.05, 0) is 29.3 Å². The third-order valence-corrected chi connectivity index (χ3v) is 11.1. The molecule has 1 aliphatic heterocycles. The zero-order valence-corrected chi connectivity index (χ0v) is 30.4. The summed E-state index contributed by atoms with van der Waals surface area (Å²) in [6.45, 7) is 0. The van der Waals surface area contributed by atoms with Gasteiger partial charge in [-0.25, -0.2) is 4.98 Å². The first kappa shape index (κ1) is 32.0. The maximum Gasteiger partial charge on any atom is 0.238 e. The van der Waals surface area contributed by atoms with Crippen LogP contribution in [0.15, 0.2) is 206 Å². The molecule has 0 bridgehead atoms. The fourth-order valence-corrected chi connectivity index (χ4v) is 8.60. The summed E-state index contributed by atoms with van der Waals surface area (Å²) in [7, 11) is 0. The van der Waals surface area contributed by atoms with Crippen LogP contribution in [0.3, 0.4) is 0 Å². The summed E-state index contributed by atoms with van der Waals surface area (Å²) >= 11 is 0. The second-order valence-corrected chi connectivity index (χ2v) is 14.2. The van der Waals surface area contributed by atoms with Gasteiger partial charge < -0.3 is 0 Å². The largest absolute Gasteiger partial charge is 0.278 e. The summed E-state index contributed by atoms with van der Waals surface area (Å²) in [5, 5.41) is 2.27. The van der Waals surface area contributed by atoms with Crippen molar-refractivity contribution < 1.29 is 0 Å². The van der Waals surface area contributed by atoms with Crippen molar-refractivity contribution in [2.45, 2.75) is 0 Å². The van der Waals surface area contributed by atoms with Crippen LogP contribution < -0.4 is 4.48 Å². The van der Waals surface area contributed by atoms with Gasteiger partial charge in [0.25, 0.3) is 0 Å². The van der Waals surface area contributed by atoms with Crippen LogP contribution in [-0.2, 0) is 0 Å². The van der Waals surface area contributed by atoms with Gasteiger partial charge in [0.15, 0.2) is 23.0 Å². The average Bonchev–Trinajstić information content (AvgIpc) is 3.76. The molecule has 0 saturated heterocycles. The first-order valence-corrected chi connectivity index (χ1v) is 18.9. The number of para-hydroxylation sites is 3. The van der Waals surface area contributed by atoms with Crippen LogP contribution in [0.25, 0.3) is 72.8 Å². The summed E-state index contributed by atoms with van der Waals surface area (Å²) in [5.41, 5.74) is 13.3. The van der Waals surface area contributed by atoms with E-state index in [-0.39, 0.29) is 0 Å². The molecule has 2 aromatic heterocycles. The molecule has 0 saturated carbocycles. The third kappa shape index (κ3) is 4.88. The lowest BCUT2D eigenvalue weighted by Crippen LogP contribution is -2.31. The minimum atomic E-state index is 0.446. The van der Waals surface area contributed by atoms with Crippen molar-refractivity contribution >= 4 is 44.6 Å². The van der Waals surface area contributed by atoms with E-state index in [1.165, 1.54) is 22.5 Å². The molecule has 11 rings (SSSR count). The van der Waals surface area contributed by atoms with Gasteiger partial charge in [0, 0.05) is 58.3 Å². The SMILES string of the molecule is c1ccc(-c2ccc3c4cc5c(cc4n(-c4nc(-c6ccccc6)nc(-c6ccccc6)n4)c3c2)[N+](c2ccccc2)(c2ccccc2)c2ccccc2-5)cc1. The van der Waals surface area contributed by atoms with Crippen LogP contribution in [-0.4, -0.2) is 19.5 Å². The van der Waals surface area contributed by atoms with E-state index in [0.717, 1.165) is 55.4 Å². The summed E-state index contributed by atoms with van der Waals surface area (Å²) < 4.78 is 2.70. The van der Waals surface area contributed by atoms with Crippen molar-refractivity contribution in [3.8, 4) is 51.0 Å². The topological polar surface area (TPSA) is 43.6 Å². The monoisotopic (exact) mass is 716 g/mol. The van der Waals surface area contributed by atoms with Gasteiger partial charge >= 0.3 is 0 Å². The van der Waals surface area contributed by atoms with Crippen molar-refractivity contribution in [1.82, 2.24) is 24.0 Å². The number of rotatable bonds is 6. The molecule has 3 heterocycles. The molecule has 0 radical (unpaired) electrons. The molecular formula is C51H34N5+. The standard InChI is InChI=1S/C51H34N5/c1-6-18-35(19-7-1)38-30-31-41-43-33-44-42-28-16-17-29-47(42)56(39-24-12-4-13-25-39,40-26-14-5-15-27-40)48(44)34-46(43)55(45(41)32-38)51-53-49(36-20-8-2-9-21-36)52-50(54-51)37-22-10-3-11-23-37/h1-34H/q+1. The number of benzene rings is 8. The Kier molecular flexibility index (Phi) is 7.34. The minimum Gasteiger partial charge on any atom is -0.278 e. The molecule has 8 aromatic carbocycles. The number of nitrogens with zero attached hydrogens (tertiary/aromatic N) is 5. The lowest BCUT2D eigenvalue weighted by atomic mass is 10.0. The molecule has 5 nitrogen and oxygen atoms in total. The number of aromatic nitrogens is 4. The molecule has 0 atom stereocenters. The van der Waals surface area contributed by atoms with Gasteiger partial charge in [-0.3, -0.25) is 4.57 Å². The Morgan fingerprint density at radius 1 is 0.339 bits per heavy atom. The van der Waals surface area contributed by atoms with Gasteiger partial charge in [0.1, 0.15) is 11.4 Å². The zero-order valence-electron chi connectivity index (χ0n) is 30.4. The van der Waals surface area contributed by atoms with Gasteiger partial charge in [0.2, 0.25) is 5.95 Å². The molecule has 0 amide bonds. The minimum absolute atomic E-state index is 0.446. The molecule has 0 aliphatic carbocycles. The summed E-state index contributed by atoms with van der Waals surface area (Å²) in [5.74, 6) is 1.81. The Balaban J connectivity index is 1.29. The second-order valence-electron chi connectivity index (χ2n) is 14.2. The van der Waals surface area contributed by atoms with E-state index in [1.807, 2.05) is 36.4 Å². The number of fused-ring (bicyclic) bond motifs is 6. The first-order valence-electron chi connectivity index (χ1n) is 18.9. The van der Waals surface area contributed by atoms with Gasteiger partial charge in [-0.15, -0.1) is 0 Å². The molecule has 5 heteroatoms. The molecule has 0 spiro atoms. The van der Waals surface area contributed by atoms with Gasteiger partial charge in [0.05, 0.1) is 22.2 Å². The smallest absolute Gasteiger partial charge is 0.238 e. The maximum atomic E-state index is 5.30. The Hall–Kier alpha value is -7.47.